The van der Waals surface area contributed by atoms with Crippen LogP contribution in [0.25, 0.3) is 11.4 Å². The van der Waals surface area contributed by atoms with Gasteiger partial charge in [0.1, 0.15) is 0 Å². The smallest absolute Gasteiger partial charge is 0.253 e. The lowest BCUT2D eigenvalue weighted by Crippen LogP contribution is -2.49. The summed E-state index contributed by atoms with van der Waals surface area (Å²) in [5, 5.41) is 0. The number of anilines is 1. The quantitative estimate of drug-likeness (QED) is 0.605. The molecule has 166 valence electrons. The van der Waals surface area contributed by atoms with Gasteiger partial charge in [-0.1, -0.05) is 12.1 Å². The normalized spacial score (nSPS) is 13.8. The summed E-state index contributed by atoms with van der Waals surface area (Å²) in [6, 6.07) is 10.8. The Labute approximate surface area is 187 Å². The van der Waals surface area contributed by atoms with Crippen molar-refractivity contribution in [2.45, 2.75) is 13.8 Å². The van der Waals surface area contributed by atoms with Crippen molar-refractivity contribution >= 4 is 11.9 Å². The number of amides is 1. The van der Waals surface area contributed by atoms with Gasteiger partial charge >= 0.3 is 0 Å². The van der Waals surface area contributed by atoms with Crippen LogP contribution in [0.4, 0.5) is 5.95 Å². The van der Waals surface area contributed by atoms with Crippen molar-refractivity contribution in [1.29, 1.82) is 0 Å². The van der Waals surface area contributed by atoms with Crippen LogP contribution in [0, 0.1) is 13.8 Å². The summed E-state index contributed by atoms with van der Waals surface area (Å²) in [6.45, 7) is 6.57. The highest BCUT2D eigenvalue weighted by Crippen LogP contribution is 2.23. The lowest BCUT2D eigenvalue weighted by molar-refractivity contribution is 0.0746. The number of aryl methyl sites for hydroxylation is 2. The van der Waals surface area contributed by atoms with E-state index < -0.39 is 0 Å². The molecule has 1 aliphatic rings. The third-order valence-electron chi connectivity index (χ3n) is 5.31. The topological polar surface area (TPSA) is 93.6 Å². The molecule has 0 radical (unpaired) electrons. The Hall–Kier alpha value is -3.75. The van der Waals surface area contributed by atoms with E-state index in [2.05, 4.69) is 24.8 Å². The number of hydrogen-bond donors (Lipinski definition) is 0. The molecule has 9 heteroatoms. The first-order chi connectivity index (χ1) is 15.5. The number of rotatable bonds is 5. The van der Waals surface area contributed by atoms with E-state index in [0.717, 1.165) is 22.9 Å². The fraction of sp³-hybridized carbons (Fsp3) is 0.348. The Kier molecular flexibility index (Phi) is 6.16. The summed E-state index contributed by atoms with van der Waals surface area (Å²) >= 11 is 0. The molecule has 9 nitrogen and oxygen atoms in total. The van der Waals surface area contributed by atoms with Crippen LogP contribution in [-0.4, -0.2) is 71.1 Å². The molecule has 1 fully saturated rings. The molecule has 1 saturated heterocycles. The first-order valence-electron chi connectivity index (χ1n) is 10.4. The number of hydrogen-bond acceptors (Lipinski definition) is 8. The van der Waals surface area contributed by atoms with Crippen molar-refractivity contribution in [1.82, 2.24) is 24.8 Å². The minimum Gasteiger partial charge on any atom is -0.481 e. The molecule has 0 saturated carbocycles. The highest BCUT2D eigenvalue weighted by Gasteiger charge is 2.24. The monoisotopic (exact) mass is 434 g/mol. The average molecular weight is 435 g/mol. The van der Waals surface area contributed by atoms with Gasteiger partial charge in [0.2, 0.25) is 17.7 Å². The highest BCUT2D eigenvalue weighted by atomic mass is 16.5. The average Bonchev–Trinajstić information content (AvgIpc) is 2.82. The Bertz CT molecular complexity index is 1070. The molecule has 0 atom stereocenters. The number of ether oxygens (including phenoxy) is 2. The Morgan fingerprint density at radius 2 is 1.38 bits per heavy atom. The lowest BCUT2D eigenvalue weighted by Gasteiger charge is -2.35. The van der Waals surface area contributed by atoms with Crippen molar-refractivity contribution in [3.63, 3.8) is 0 Å². The summed E-state index contributed by atoms with van der Waals surface area (Å²) in [7, 11) is 3.08. The number of nitrogens with zero attached hydrogens (tertiary/aromatic N) is 6. The number of methoxy groups -OCH3 is 2. The van der Waals surface area contributed by atoms with Gasteiger partial charge in [-0.15, -0.1) is 0 Å². The molecule has 0 N–H and O–H groups in total. The summed E-state index contributed by atoms with van der Waals surface area (Å²) in [5.41, 5.74) is 3.29. The standard InChI is InChI=1S/C23H26N6O3/c1-15-13-16(2)25-23(24-15)29-11-9-28(10-12-29)22(30)18-7-5-17(6-8-18)21-26-19(31-3)14-20(27-21)32-4/h5-8,13-14H,9-12H2,1-4H3. The zero-order valence-corrected chi connectivity index (χ0v) is 18.7. The highest BCUT2D eigenvalue weighted by molar-refractivity contribution is 5.94. The molecule has 1 amide bonds. The molecule has 0 aliphatic carbocycles. The predicted octanol–water partition coefficient (Wildman–Crippen LogP) is 2.53. The van der Waals surface area contributed by atoms with Gasteiger partial charge in [0.25, 0.3) is 5.91 Å². The summed E-state index contributed by atoms with van der Waals surface area (Å²) in [4.78, 5) is 34.8. The Morgan fingerprint density at radius 3 is 1.91 bits per heavy atom. The zero-order chi connectivity index (χ0) is 22.7. The van der Waals surface area contributed by atoms with Crippen LogP contribution in [0.5, 0.6) is 11.8 Å². The van der Waals surface area contributed by atoms with E-state index in [1.54, 1.807) is 32.4 Å². The third-order valence-corrected chi connectivity index (χ3v) is 5.31. The SMILES string of the molecule is COc1cc(OC)nc(-c2ccc(C(=O)N3CCN(c4nc(C)cc(C)n4)CC3)cc2)n1. The second kappa shape index (κ2) is 9.17. The molecule has 0 bridgehead atoms. The Balaban J connectivity index is 1.43. The number of carbonyl (C=O) groups excluding carboxylic acids is 1. The number of piperazine rings is 1. The van der Waals surface area contributed by atoms with Crippen LogP contribution < -0.4 is 14.4 Å². The van der Waals surface area contributed by atoms with Crippen LogP contribution in [0.2, 0.25) is 0 Å². The van der Waals surface area contributed by atoms with E-state index in [4.69, 9.17) is 9.47 Å². The van der Waals surface area contributed by atoms with E-state index in [0.29, 0.717) is 49.3 Å². The number of aromatic nitrogens is 4. The second-order valence-electron chi connectivity index (χ2n) is 7.58. The van der Waals surface area contributed by atoms with Crippen molar-refractivity contribution < 1.29 is 14.3 Å². The van der Waals surface area contributed by atoms with Crippen molar-refractivity contribution in [2.24, 2.45) is 0 Å². The third kappa shape index (κ3) is 4.61. The van der Waals surface area contributed by atoms with Gasteiger partial charge in [-0.3, -0.25) is 4.79 Å². The molecular weight excluding hydrogens is 408 g/mol. The lowest BCUT2D eigenvalue weighted by atomic mass is 10.1. The maximum Gasteiger partial charge on any atom is 0.253 e. The van der Waals surface area contributed by atoms with Crippen LogP contribution in [0.15, 0.2) is 36.4 Å². The van der Waals surface area contributed by atoms with Crippen LogP contribution in [-0.2, 0) is 0 Å². The molecule has 2 aromatic heterocycles. The van der Waals surface area contributed by atoms with E-state index in [1.165, 1.54) is 0 Å². The predicted molar refractivity (Wildman–Crippen MR) is 120 cm³/mol. The first-order valence-corrected chi connectivity index (χ1v) is 10.4. The molecule has 1 aromatic carbocycles. The van der Waals surface area contributed by atoms with Gasteiger partial charge in [-0.2, -0.15) is 9.97 Å². The van der Waals surface area contributed by atoms with Gasteiger partial charge in [0, 0.05) is 48.7 Å². The summed E-state index contributed by atoms with van der Waals surface area (Å²) in [5.74, 6) is 2.03. The second-order valence-corrected chi connectivity index (χ2v) is 7.58. The maximum atomic E-state index is 13.0. The zero-order valence-electron chi connectivity index (χ0n) is 18.7. The van der Waals surface area contributed by atoms with E-state index in [-0.39, 0.29) is 5.91 Å². The fourth-order valence-corrected chi connectivity index (χ4v) is 3.64. The fourth-order valence-electron chi connectivity index (χ4n) is 3.64. The molecular formula is C23H26N6O3. The van der Waals surface area contributed by atoms with Gasteiger partial charge in [0.05, 0.1) is 20.3 Å². The minimum atomic E-state index is 0.00156. The van der Waals surface area contributed by atoms with Crippen molar-refractivity contribution in [2.75, 3.05) is 45.3 Å². The molecule has 3 heterocycles. The van der Waals surface area contributed by atoms with Crippen LogP contribution in [0.1, 0.15) is 21.7 Å². The largest absolute Gasteiger partial charge is 0.481 e. The molecule has 32 heavy (non-hydrogen) atoms. The van der Waals surface area contributed by atoms with E-state index >= 15 is 0 Å². The van der Waals surface area contributed by atoms with Gasteiger partial charge in [-0.05, 0) is 32.0 Å². The number of benzene rings is 1. The molecule has 1 aliphatic heterocycles. The van der Waals surface area contributed by atoms with Crippen LogP contribution in [0.3, 0.4) is 0 Å². The minimum absolute atomic E-state index is 0.00156. The first kappa shape index (κ1) is 21.5. The Morgan fingerprint density at radius 1 is 0.812 bits per heavy atom. The molecule has 0 unspecified atom stereocenters. The molecule has 3 aromatic rings. The van der Waals surface area contributed by atoms with Crippen molar-refractivity contribution in [3.05, 3.63) is 53.3 Å². The van der Waals surface area contributed by atoms with Gasteiger partial charge in [0.15, 0.2) is 5.82 Å². The summed E-state index contributed by atoms with van der Waals surface area (Å²) < 4.78 is 10.4. The number of carbonyl (C=O) groups is 1. The van der Waals surface area contributed by atoms with Gasteiger partial charge in [-0.25, -0.2) is 9.97 Å². The molecule has 0 spiro atoms. The van der Waals surface area contributed by atoms with Crippen molar-refractivity contribution in [3.8, 4) is 23.1 Å². The molecule has 4 rings (SSSR count). The maximum absolute atomic E-state index is 13.0. The van der Waals surface area contributed by atoms with E-state index in [9.17, 15) is 4.79 Å². The van der Waals surface area contributed by atoms with Crippen LogP contribution >= 0.6 is 0 Å². The van der Waals surface area contributed by atoms with E-state index in [1.807, 2.05) is 36.9 Å². The summed E-state index contributed by atoms with van der Waals surface area (Å²) in [6.07, 6.45) is 0. The van der Waals surface area contributed by atoms with Gasteiger partial charge < -0.3 is 19.3 Å².